The predicted molar refractivity (Wildman–Crippen MR) is 65.2 cm³/mol. The molecule has 0 atom stereocenters. The van der Waals surface area contributed by atoms with Crippen molar-refractivity contribution in [3.8, 4) is 0 Å². The molecule has 0 aliphatic carbocycles. The zero-order valence-corrected chi connectivity index (χ0v) is 11.4. The van der Waals surface area contributed by atoms with Crippen molar-refractivity contribution in [1.29, 1.82) is 0 Å². The van der Waals surface area contributed by atoms with E-state index in [1.807, 2.05) is 0 Å². The van der Waals surface area contributed by atoms with E-state index < -0.39 is 6.29 Å². The van der Waals surface area contributed by atoms with Crippen LogP contribution in [-0.2, 0) is 14.3 Å². The maximum Gasteiger partial charge on any atom is 0.217 e. The second-order valence-electron chi connectivity index (χ2n) is 5.16. The summed E-state index contributed by atoms with van der Waals surface area (Å²) in [6.45, 7) is 8.54. The van der Waals surface area contributed by atoms with E-state index >= 15 is 0 Å². The first-order valence-electron chi connectivity index (χ1n) is 6.01. The fourth-order valence-corrected chi connectivity index (χ4v) is 1.99. The van der Waals surface area contributed by atoms with Crippen molar-refractivity contribution < 1.29 is 14.3 Å². The highest BCUT2D eigenvalue weighted by Crippen LogP contribution is 2.23. The summed E-state index contributed by atoms with van der Waals surface area (Å²) in [5, 5.41) is 0. The second-order valence-corrected chi connectivity index (χ2v) is 5.16. The van der Waals surface area contributed by atoms with Gasteiger partial charge in [0.25, 0.3) is 0 Å². The highest BCUT2D eigenvalue weighted by molar-refractivity contribution is 5.84. The van der Waals surface area contributed by atoms with Crippen LogP contribution in [0.5, 0.6) is 0 Å². The topological polar surface area (TPSA) is 35.5 Å². The Labute approximate surface area is 99.5 Å². The van der Waals surface area contributed by atoms with Crippen LogP contribution in [0.3, 0.4) is 0 Å². The van der Waals surface area contributed by atoms with Crippen LogP contribution in [-0.4, -0.2) is 26.3 Å². The van der Waals surface area contributed by atoms with E-state index in [0.717, 1.165) is 12.8 Å². The molecule has 0 radical (unpaired) electrons. The van der Waals surface area contributed by atoms with Gasteiger partial charge in [0.15, 0.2) is 5.78 Å². The molecule has 0 rings (SSSR count). The van der Waals surface area contributed by atoms with E-state index in [2.05, 4.69) is 27.7 Å². The van der Waals surface area contributed by atoms with Crippen LogP contribution in [0.1, 0.15) is 40.5 Å². The molecule has 0 amide bonds. The van der Waals surface area contributed by atoms with Crippen LogP contribution in [0, 0.1) is 17.8 Å². The quantitative estimate of drug-likeness (QED) is 0.601. The largest absolute Gasteiger partial charge is 0.349 e. The number of ketones is 1. The average Bonchev–Trinajstić information content (AvgIpc) is 2.17. The molecule has 3 heteroatoms. The summed E-state index contributed by atoms with van der Waals surface area (Å²) in [7, 11) is 3.02. The number of rotatable bonds is 8. The van der Waals surface area contributed by atoms with Gasteiger partial charge in [-0.25, -0.2) is 0 Å². The molecule has 0 bridgehead atoms. The molecule has 0 saturated heterocycles. The van der Waals surface area contributed by atoms with Crippen LogP contribution < -0.4 is 0 Å². The van der Waals surface area contributed by atoms with E-state index in [-0.39, 0.29) is 11.7 Å². The maximum absolute atomic E-state index is 12.1. The summed E-state index contributed by atoms with van der Waals surface area (Å²) in [4.78, 5) is 12.1. The van der Waals surface area contributed by atoms with Crippen LogP contribution >= 0.6 is 0 Å². The highest BCUT2D eigenvalue weighted by atomic mass is 16.7. The minimum absolute atomic E-state index is 0.0462. The third-order valence-electron chi connectivity index (χ3n) is 2.57. The molecule has 0 aromatic rings. The molecule has 0 N–H and O–H groups in total. The molecule has 0 saturated carbocycles. The number of Topliss-reactive ketones (excluding diaryl/α,β-unsaturated/α-hetero) is 1. The Bertz CT molecular complexity index is 185. The lowest BCUT2D eigenvalue weighted by Crippen LogP contribution is -2.32. The molecular weight excluding hydrogens is 204 g/mol. The number of methoxy groups -OCH3 is 2. The summed E-state index contributed by atoms with van der Waals surface area (Å²) in [5.74, 6) is 1.15. The molecule has 0 heterocycles. The standard InChI is InChI=1S/C13H26O3/c1-9(2)7-11(8-10(3)4)12(14)13(15-5)16-6/h9-11,13H,7-8H2,1-6H3. The van der Waals surface area contributed by atoms with Crippen LogP contribution in [0.4, 0.5) is 0 Å². The number of carbonyl (C=O) groups is 1. The zero-order chi connectivity index (χ0) is 12.7. The third kappa shape index (κ3) is 5.61. The Balaban J connectivity index is 4.53. The van der Waals surface area contributed by atoms with Crippen molar-refractivity contribution in [3.05, 3.63) is 0 Å². The summed E-state index contributed by atoms with van der Waals surface area (Å²) >= 11 is 0. The summed E-state index contributed by atoms with van der Waals surface area (Å²) in [5.41, 5.74) is 0. The fourth-order valence-electron chi connectivity index (χ4n) is 1.99. The Morgan fingerprint density at radius 1 is 0.938 bits per heavy atom. The minimum Gasteiger partial charge on any atom is -0.349 e. The van der Waals surface area contributed by atoms with Crippen molar-refractivity contribution in [3.63, 3.8) is 0 Å². The van der Waals surface area contributed by atoms with Gasteiger partial charge < -0.3 is 9.47 Å². The van der Waals surface area contributed by atoms with Gasteiger partial charge in [-0.1, -0.05) is 27.7 Å². The first-order valence-corrected chi connectivity index (χ1v) is 6.01. The van der Waals surface area contributed by atoms with Gasteiger partial charge in [-0.2, -0.15) is 0 Å². The van der Waals surface area contributed by atoms with Crippen LogP contribution in [0.15, 0.2) is 0 Å². The third-order valence-corrected chi connectivity index (χ3v) is 2.57. The molecule has 0 aliphatic rings. The first kappa shape index (κ1) is 15.6. The Hall–Kier alpha value is -0.410. The summed E-state index contributed by atoms with van der Waals surface area (Å²) in [6, 6.07) is 0. The van der Waals surface area contributed by atoms with Crippen molar-refractivity contribution in [2.45, 2.75) is 46.8 Å². The molecule has 0 fully saturated rings. The molecule has 0 unspecified atom stereocenters. The Kier molecular flexibility index (Phi) is 7.60. The number of ether oxygens (including phenoxy) is 2. The SMILES string of the molecule is COC(OC)C(=O)C(CC(C)C)CC(C)C. The lowest BCUT2D eigenvalue weighted by molar-refractivity contribution is -0.162. The number of carbonyl (C=O) groups excluding carboxylic acids is 1. The van der Waals surface area contributed by atoms with Gasteiger partial charge in [-0.3, -0.25) is 4.79 Å². The van der Waals surface area contributed by atoms with Crippen molar-refractivity contribution in [2.24, 2.45) is 17.8 Å². The summed E-state index contributed by atoms with van der Waals surface area (Å²) < 4.78 is 10.1. The van der Waals surface area contributed by atoms with E-state index in [0.29, 0.717) is 11.8 Å². The van der Waals surface area contributed by atoms with E-state index in [1.54, 1.807) is 0 Å². The normalized spacial score (nSPS) is 12.1. The van der Waals surface area contributed by atoms with Gasteiger partial charge in [-0.15, -0.1) is 0 Å². The van der Waals surface area contributed by atoms with Crippen molar-refractivity contribution in [1.82, 2.24) is 0 Å². The monoisotopic (exact) mass is 230 g/mol. The van der Waals surface area contributed by atoms with Crippen LogP contribution in [0.25, 0.3) is 0 Å². The van der Waals surface area contributed by atoms with Gasteiger partial charge in [0.05, 0.1) is 0 Å². The Morgan fingerprint density at radius 3 is 1.56 bits per heavy atom. The van der Waals surface area contributed by atoms with E-state index in [1.165, 1.54) is 14.2 Å². The molecule has 0 spiro atoms. The minimum atomic E-state index is -0.706. The number of hydrogen-bond donors (Lipinski definition) is 0. The lowest BCUT2D eigenvalue weighted by atomic mass is 9.86. The van der Waals surface area contributed by atoms with E-state index in [4.69, 9.17) is 9.47 Å². The maximum atomic E-state index is 12.1. The molecule has 0 aromatic carbocycles. The smallest absolute Gasteiger partial charge is 0.217 e. The molecular formula is C13H26O3. The molecule has 0 aromatic heterocycles. The van der Waals surface area contributed by atoms with Gasteiger partial charge in [0, 0.05) is 20.1 Å². The fraction of sp³-hybridized carbons (Fsp3) is 0.923. The van der Waals surface area contributed by atoms with Crippen molar-refractivity contribution in [2.75, 3.05) is 14.2 Å². The van der Waals surface area contributed by atoms with Gasteiger partial charge >= 0.3 is 0 Å². The van der Waals surface area contributed by atoms with Gasteiger partial charge in [0.1, 0.15) is 0 Å². The van der Waals surface area contributed by atoms with Crippen molar-refractivity contribution >= 4 is 5.78 Å². The second kappa shape index (κ2) is 7.80. The Morgan fingerprint density at radius 2 is 1.31 bits per heavy atom. The summed E-state index contributed by atoms with van der Waals surface area (Å²) in [6.07, 6.45) is 1.10. The van der Waals surface area contributed by atoms with Gasteiger partial charge in [0.2, 0.25) is 6.29 Å². The first-order chi connectivity index (χ1) is 7.42. The lowest BCUT2D eigenvalue weighted by Gasteiger charge is -2.23. The molecule has 3 nitrogen and oxygen atoms in total. The number of hydrogen-bond acceptors (Lipinski definition) is 3. The predicted octanol–water partition coefficient (Wildman–Crippen LogP) is 2.88. The van der Waals surface area contributed by atoms with E-state index in [9.17, 15) is 4.79 Å². The average molecular weight is 230 g/mol. The zero-order valence-electron chi connectivity index (χ0n) is 11.4. The van der Waals surface area contributed by atoms with Crippen LogP contribution in [0.2, 0.25) is 0 Å². The molecule has 16 heavy (non-hydrogen) atoms. The highest BCUT2D eigenvalue weighted by Gasteiger charge is 2.27. The molecule has 96 valence electrons. The van der Waals surface area contributed by atoms with Gasteiger partial charge in [-0.05, 0) is 24.7 Å². The molecule has 0 aliphatic heterocycles.